The Morgan fingerprint density at radius 3 is 2.48 bits per heavy atom. The monoisotopic (exact) mass is 461 g/mol. The number of carbonyl (C=O) groups is 2. The minimum absolute atomic E-state index is 0.163. The first-order valence-electron chi connectivity index (χ1n) is 10.1. The molecule has 0 bridgehead atoms. The number of carboxylic acid groups (broad SMARTS) is 1. The summed E-state index contributed by atoms with van der Waals surface area (Å²) in [5, 5.41) is 13.4. The molecule has 0 saturated heterocycles. The standard InChI is InChI=1S/C25H20ClN3O4/c1-15-6-7-16(2)29(15)19-8-10-21(22(26)13-19)24(30)28-27-14-20-9-11-23(33-20)17-4-3-5-18(12-17)25(31)32/h3-14H,1-2H3,(H,28,30)(H,31,32)/b27-14-. The van der Waals surface area contributed by atoms with Gasteiger partial charge in [-0.15, -0.1) is 0 Å². The molecule has 2 heterocycles. The second kappa shape index (κ2) is 9.18. The van der Waals surface area contributed by atoms with Gasteiger partial charge in [0.25, 0.3) is 5.91 Å². The topological polar surface area (TPSA) is 96.8 Å². The maximum Gasteiger partial charge on any atom is 0.335 e. The number of carboxylic acids is 1. The number of hydrogen-bond acceptors (Lipinski definition) is 4. The molecule has 2 aromatic heterocycles. The van der Waals surface area contributed by atoms with Crippen LogP contribution in [-0.2, 0) is 0 Å². The van der Waals surface area contributed by atoms with Gasteiger partial charge in [0.15, 0.2) is 0 Å². The van der Waals surface area contributed by atoms with Gasteiger partial charge in [-0.3, -0.25) is 4.79 Å². The molecule has 2 aromatic carbocycles. The number of furan rings is 1. The lowest BCUT2D eigenvalue weighted by Crippen LogP contribution is -2.18. The Morgan fingerprint density at radius 1 is 1.03 bits per heavy atom. The average molecular weight is 462 g/mol. The normalized spacial score (nSPS) is 11.1. The van der Waals surface area contributed by atoms with Crippen LogP contribution in [0.1, 0.15) is 37.9 Å². The van der Waals surface area contributed by atoms with Crippen molar-refractivity contribution in [3.63, 3.8) is 0 Å². The van der Waals surface area contributed by atoms with Gasteiger partial charge in [-0.1, -0.05) is 23.7 Å². The van der Waals surface area contributed by atoms with Gasteiger partial charge in [-0.2, -0.15) is 5.10 Å². The molecule has 7 nitrogen and oxygen atoms in total. The van der Waals surface area contributed by atoms with E-state index in [4.69, 9.17) is 21.1 Å². The SMILES string of the molecule is Cc1ccc(C)n1-c1ccc(C(=O)N/N=C\c2ccc(-c3cccc(C(=O)O)c3)o2)c(Cl)c1. The van der Waals surface area contributed by atoms with E-state index >= 15 is 0 Å². The highest BCUT2D eigenvalue weighted by Gasteiger charge is 2.13. The number of nitrogens with zero attached hydrogens (tertiary/aromatic N) is 2. The Kier molecular flexibility index (Phi) is 6.15. The molecule has 0 aliphatic heterocycles. The van der Waals surface area contributed by atoms with E-state index in [0.717, 1.165) is 17.1 Å². The molecule has 0 fully saturated rings. The van der Waals surface area contributed by atoms with Crippen molar-refractivity contribution in [3.05, 3.63) is 100 Å². The molecule has 0 atom stereocenters. The number of aryl methyl sites for hydroxylation is 2. The van der Waals surface area contributed by atoms with Crippen LogP contribution in [-0.4, -0.2) is 27.8 Å². The zero-order valence-corrected chi connectivity index (χ0v) is 18.6. The predicted octanol–water partition coefficient (Wildman–Crippen LogP) is 5.47. The van der Waals surface area contributed by atoms with Crippen molar-refractivity contribution in [1.82, 2.24) is 9.99 Å². The third kappa shape index (κ3) is 4.73. The predicted molar refractivity (Wildman–Crippen MR) is 126 cm³/mol. The molecule has 4 rings (SSSR count). The van der Waals surface area contributed by atoms with Gasteiger partial charge in [0.1, 0.15) is 11.5 Å². The van der Waals surface area contributed by atoms with Gasteiger partial charge < -0.3 is 14.1 Å². The van der Waals surface area contributed by atoms with E-state index in [1.165, 1.54) is 18.3 Å². The van der Waals surface area contributed by atoms with E-state index in [2.05, 4.69) is 10.5 Å². The summed E-state index contributed by atoms with van der Waals surface area (Å²) in [5.41, 5.74) is 6.53. The largest absolute Gasteiger partial charge is 0.478 e. The number of carbonyl (C=O) groups excluding carboxylic acids is 1. The van der Waals surface area contributed by atoms with Crippen LogP contribution in [0.2, 0.25) is 5.02 Å². The summed E-state index contributed by atoms with van der Waals surface area (Å²) in [4.78, 5) is 23.7. The summed E-state index contributed by atoms with van der Waals surface area (Å²) in [6.07, 6.45) is 1.36. The van der Waals surface area contributed by atoms with Crippen LogP contribution in [0.3, 0.4) is 0 Å². The minimum Gasteiger partial charge on any atom is -0.478 e. The molecule has 4 aromatic rings. The first-order chi connectivity index (χ1) is 15.8. The summed E-state index contributed by atoms with van der Waals surface area (Å²) < 4.78 is 7.72. The van der Waals surface area contributed by atoms with Crippen molar-refractivity contribution < 1.29 is 19.1 Å². The molecule has 0 aliphatic rings. The zero-order valence-electron chi connectivity index (χ0n) is 17.9. The number of aromatic carboxylic acids is 1. The fourth-order valence-electron chi connectivity index (χ4n) is 3.50. The van der Waals surface area contributed by atoms with Gasteiger partial charge in [0, 0.05) is 22.6 Å². The number of benzene rings is 2. The first kappa shape index (κ1) is 22.1. The van der Waals surface area contributed by atoms with Gasteiger partial charge in [-0.25, -0.2) is 10.2 Å². The van der Waals surface area contributed by atoms with Crippen molar-refractivity contribution in [2.24, 2.45) is 5.10 Å². The van der Waals surface area contributed by atoms with Crippen LogP contribution in [0, 0.1) is 13.8 Å². The van der Waals surface area contributed by atoms with E-state index in [0.29, 0.717) is 27.7 Å². The maximum atomic E-state index is 12.5. The van der Waals surface area contributed by atoms with Crippen molar-refractivity contribution >= 4 is 29.7 Å². The van der Waals surface area contributed by atoms with Gasteiger partial charge in [0.2, 0.25) is 0 Å². The van der Waals surface area contributed by atoms with Gasteiger partial charge in [-0.05, 0) is 68.4 Å². The molecule has 0 spiro atoms. The van der Waals surface area contributed by atoms with Gasteiger partial charge in [0.05, 0.1) is 22.4 Å². The Hall–Kier alpha value is -4.10. The van der Waals surface area contributed by atoms with E-state index in [-0.39, 0.29) is 5.56 Å². The second-order valence-corrected chi connectivity index (χ2v) is 7.81. The quantitative estimate of drug-likeness (QED) is 0.294. The van der Waals surface area contributed by atoms with Crippen LogP contribution in [0.4, 0.5) is 0 Å². The summed E-state index contributed by atoms with van der Waals surface area (Å²) in [5.74, 6) is -0.589. The molecule has 8 heteroatoms. The lowest BCUT2D eigenvalue weighted by molar-refractivity contribution is 0.0696. The van der Waals surface area contributed by atoms with Gasteiger partial charge >= 0.3 is 5.97 Å². The number of aromatic nitrogens is 1. The van der Waals surface area contributed by atoms with Crippen LogP contribution < -0.4 is 5.43 Å². The van der Waals surface area contributed by atoms with Crippen LogP contribution in [0.5, 0.6) is 0 Å². The number of amides is 1. The second-order valence-electron chi connectivity index (χ2n) is 7.40. The average Bonchev–Trinajstić information content (AvgIpc) is 3.40. The molecule has 0 unspecified atom stereocenters. The van der Waals surface area contributed by atoms with E-state index in [1.54, 1.807) is 36.4 Å². The highest BCUT2D eigenvalue weighted by atomic mass is 35.5. The zero-order chi connectivity index (χ0) is 23.5. The van der Waals surface area contributed by atoms with Crippen molar-refractivity contribution in [2.75, 3.05) is 0 Å². The van der Waals surface area contributed by atoms with E-state index in [1.807, 2.05) is 36.6 Å². The van der Waals surface area contributed by atoms with Crippen LogP contribution >= 0.6 is 11.6 Å². The summed E-state index contributed by atoms with van der Waals surface area (Å²) in [7, 11) is 0. The third-order valence-electron chi connectivity index (χ3n) is 5.11. The number of halogens is 1. The van der Waals surface area contributed by atoms with Crippen molar-refractivity contribution in [2.45, 2.75) is 13.8 Å². The molecule has 1 amide bonds. The fourth-order valence-corrected chi connectivity index (χ4v) is 3.76. The molecule has 0 aliphatic carbocycles. The molecule has 0 radical (unpaired) electrons. The van der Waals surface area contributed by atoms with Crippen LogP contribution in [0.15, 0.2) is 76.2 Å². The highest BCUT2D eigenvalue weighted by molar-refractivity contribution is 6.34. The Labute approximate surface area is 194 Å². The van der Waals surface area contributed by atoms with E-state index < -0.39 is 11.9 Å². The molecule has 33 heavy (non-hydrogen) atoms. The molecular weight excluding hydrogens is 442 g/mol. The minimum atomic E-state index is -1.02. The lowest BCUT2D eigenvalue weighted by Gasteiger charge is -2.11. The Morgan fingerprint density at radius 2 is 1.79 bits per heavy atom. The number of nitrogens with one attached hydrogen (secondary N) is 1. The van der Waals surface area contributed by atoms with E-state index in [9.17, 15) is 9.59 Å². The molecule has 0 saturated carbocycles. The highest BCUT2D eigenvalue weighted by Crippen LogP contribution is 2.24. The third-order valence-corrected chi connectivity index (χ3v) is 5.42. The smallest absolute Gasteiger partial charge is 0.335 e. The van der Waals surface area contributed by atoms with Crippen molar-refractivity contribution in [3.8, 4) is 17.0 Å². The first-order valence-corrected chi connectivity index (χ1v) is 10.4. The number of rotatable bonds is 6. The summed E-state index contributed by atoms with van der Waals surface area (Å²) >= 11 is 6.36. The van der Waals surface area contributed by atoms with Crippen LogP contribution in [0.25, 0.3) is 17.0 Å². The molecule has 166 valence electrons. The summed E-state index contributed by atoms with van der Waals surface area (Å²) in [6, 6.07) is 19.0. The lowest BCUT2D eigenvalue weighted by atomic mass is 10.1. The Balaban J connectivity index is 1.45. The molecular formula is C25H20ClN3O4. The molecule has 2 N–H and O–H groups in total. The Bertz CT molecular complexity index is 1360. The fraction of sp³-hybridized carbons (Fsp3) is 0.0800. The maximum absolute atomic E-state index is 12.5. The summed E-state index contributed by atoms with van der Waals surface area (Å²) in [6.45, 7) is 4.00. The number of hydrogen-bond donors (Lipinski definition) is 2. The van der Waals surface area contributed by atoms with Crippen molar-refractivity contribution in [1.29, 1.82) is 0 Å². The number of hydrazone groups is 1.